The van der Waals surface area contributed by atoms with E-state index in [1.54, 1.807) is 0 Å². The SMILES string of the molecule is CCC(C)(CBr)NC(=O)c1ccc(OC)c([N+](=O)[O-])c1. The van der Waals surface area contributed by atoms with Crippen molar-refractivity contribution < 1.29 is 14.5 Å². The van der Waals surface area contributed by atoms with Gasteiger partial charge in [-0.3, -0.25) is 14.9 Å². The van der Waals surface area contributed by atoms with E-state index in [4.69, 9.17) is 4.74 Å². The van der Waals surface area contributed by atoms with Crippen molar-refractivity contribution in [2.24, 2.45) is 0 Å². The van der Waals surface area contributed by atoms with Crippen LogP contribution in [0.1, 0.15) is 30.6 Å². The molecule has 0 saturated heterocycles. The molecule has 0 aliphatic rings. The summed E-state index contributed by atoms with van der Waals surface area (Å²) < 4.78 is 4.90. The number of ether oxygens (including phenoxy) is 1. The lowest BCUT2D eigenvalue weighted by Crippen LogP contribution is -2.46. The number of methoxy groups -OCH3 is 1. The van der Waals surface area contributed by atoms with Gasteiger partial charge in [-0.2, -0.15) is 0 Å². The van der Waals surface area contributed by atoms with E-state index in [0.717, 1.165) is 6.42 Å². The first kappa shape index (κ1) is 16.4. The van der Waals surface area contributed by atoms with Gasteiger partial charge in [0.25, 0.3) is 5.91 Å². The first-order valence-corrected chi connectivity index (χ1v) is 7.20. The predicted molar refractivity (Wildman–Crippen MR) is 79.6 cm³/mol. The van der Waals surface area contributed by atoms with Crippen molar-refractivity contribution in [1.82, 2.24) is 5.32 Å². The lowest BCUT2D eigenvalue weighted by Gasteiger charge is -2.27. The molecule has 1 N–H and O–H groups in total. The molecule has 7 heteroatoms. The van der Waals surface area contributed by atoms with Crippen molar-refractivity contribution in [2.75, 3.05) is 12.4 Å². The summed E-state index contributed by atoms with van der Waals surface area (Å²) in [6.45, 7) is 3.86. The van der Waals surface area contributed by atoms with Gasteiger partial charge in [0.15, 0.2) is 5.75 Å². The summed E-state index contributed by atoms with van der Waals surface area (Å²) in [5.41, 5.74) is -0.387. The van der Waals surface area contributed by atoms with Gasteiger partial charge in [-0.15, -0.1) is 0 Å². The van der Waals surface area contributed by atoms with Crippen LogP contribution in [0.25, 0.3) is 0 Å². The molecular formula is C13H17BrN2O4. The number of hydrogen-bond acceptors (Lipinski definition) is 4. The second-order valence-corrected chi connectivity index (χ2v) is 5.21. The monoisotopic (exact) mass is 344 g/mol. The highest BCUT2D eigenvalue weighted by molar-refractivity contribution is 9.09. The molecule has 0 heterocycles. The average Bonchev–Trinajstić information content (AvgIpc) is 2.46. The number of carbonyl (C=O) groups excluding carboxylic acids is 1. The number of nitrogens with one attached hydrogen (secondary N) is 1. The molecule has 1 aromatic carbocycles. The molecule has 110 valence electrons. The topological polar surface area (TPSA) is 81.5 Å². The maximum atomic E-state index is 12.2. The molecule has 0 aromatic heterocycles. The van der Waals surface area contributed by atoms with Crippen LogP contribution in [0.2, 0.25) is 0 Å². The summed E-state index contributed by atoms with van der Waals surface area (Å²) in [7, 11) is 1.35. The van der Waals surface area contributed by atoms with E-state index >= 15 is 0 Å². The lowest BCUT2D eigenvalue weighted by atomic mass is 10.0. The highest BCUT2D eigenvalue weighted by Crippen LogP contribution is 2.27. The molecule has 1 amide bonds. The molecule has 0 radical (unpaired) electrons. The number of alkyl halides is 1. The molecule has 0 spiro atoms. The molecule has 1 atom stereocenters. The molecule has 1 rings (SSSR count). The van der Waals surface area contributed by atoms with E-state index in [0.29, 0.717) is 5.33 Å². The van der Waals surface area contributed by atoms with Gasteiger partial charge in [0, 0.05) is 22.5 Å². The number of hydrogen-bond donors (Lipinski definition) is 1. The van der Waals surface area contributed by atoms with Crippen molar-refractivity contribution in [2.45, 2.75) is 25.8 Å². The van der Waals surface area contributed by atoms with Crippen LogP contribution in [0.5, 0.6) is 5.75 Å². The molecule has 0 aliphatic heterocycles. The molecule has 0 saturated carbocycles. The van der Waals surface area contributed by atoms with E-state index in [1.165, 1.54) is 25.3 Å². The number of nitro benzene ring substituents is 1. The third-order valence-electron chi connectivity index (χ3n) is 3.13. The Bertz CT molecular complexity index is 515. The molecule has 6 nitrogen and oxygen atoms in total. The molecule has 20 heavy (non-hydrogen) atoms. The van der Waals surface area contributed by atoms with Gasteiger partial charge in [0.2, 0.25) is 0 Å². The summed E-state index contributed by atoms with van der Waals surface area (Å²) in [5.74, 6) is -0.218. The minimum atomic E-state index is -0.570. The molecular weight excluding hydrogens is 328 g/mol. The Morgan fingerprint density at radius 3 is 2.65 bits per heavy atom. The van der Waals surface area contributed by atoms with Crippen molar-refractivity contribution >= 4 is 27.5 Å². The van der Waals surface area contributed by atoms with Gasteiger partial charge in [0.05, 0.1) is 12.0 Å². The van der Waals surface area contributed by atoms with Gasteiger partial charge in [-0.1, -0.05) is 22.9 Å². The summed E-state index contributed by atoms with van der Waals surface area (Å²) in [5, 5.41) is 14.4. The fraction of sp³-hybridized carbons (Fsp3) is 0.462. The van der Waals surface area contributed by atoms with Crippen LogP contribution >= 0.6 is 15.9 Å². The van der Waals surface area contributed by atoms with Gasteiger partial charge in [-0.25, -0.2) is 0 Å². The summed E-state index contributed by atoms with van der Waals surface area (Å²) in [6.07, 6.45) is 0.738. The van der Waals surface area contributed by atoms with Crippen LogP contribution in [0.4, 0.5) is 5.69 Å². The third kappa shape index (κ3) is 3.69. The quantitative estimate of drug-likeness (QED) is 0.488. The largest absolute Gasteiger partial charge is 0.490 e. The Kier molecular flexibility index (Phi) is 5.50. The van der Waals surface area contributed by atoms with Crippen LogP contribution in [0.3, 0.4) is 0 Å². The number of halogens is 1. The third-order valence-corrected chi connectivity index (χ3v) is 4.37. The van der Waals surface area contributed by atoms with E-state index < -0.39 is 10.5 Å². The first-order valence-electron chi connectivity index (χ1n) is 6.07. The number of nitrogens with zero attached hydrogens (tertiary/aromatic N) is 1. The van der Waals surface area contributed by atoms with Gasteiger partial charge >= 0.3 is 5.69 Å². The normalized spacial score (nSPS) is 13.4. The lowest BCUT2D eigenvalue weighted by molar-refractivity contribution is -0.385. The fourth-order valence-corrected chi connectivity index (χ4v) is 2.07. The standard InChI is InChI=1S/C13H17BrN2O4/c1-4-13(2,8-14)15-12(17)9-5-6-11(20-3)10(7-9)16(18)19/h5-7H,4,8H2,1-3H3,(H,15,17). The number of rotatable bonds is 6. The van der Waals surface area contributed by atoms with Gasteiger partial charge in [-0.05, 0) is 25.5 Å². The number of amides is 1. The molecule has 1 unspecified atom stereocenters. The minimum absolute atomic E-state index is 0.130. The Morgan fingerprint density at radius 1 is 1.55 bits per heavy atom. The molecule has 0 fully saturated rings. The van der Waals surface area contributed by atoms with Crippen molar-refractivity contribution in [3.63, 3.8) is 0 Å². The Hall–Kier alpha value is -1.63. The molecule has 0 bridgehead atoms. The second-order valence-electron chi connectivity index (χ2n) is 4.65. The average molecular weight is 345 g/mol. The maximum absolute atomic E-state index is 12.2. The van der Waals surface area contributed by atoms with E-state index in [-0.39, 0.29) is 22.9 Å². The fourth-order valence-electron chi connectivity index (χ4n) is 1.54. The molecule has 0 aliphatic carbocycles. The Balaban J connectivity index is 3.06. The van der Waals surface area contributed by atoms with E-state index in [9.17, 15) is 14.9 Å². The highest BCUT2D eigenvalue weighted by atomic mass is 79.9. The first-order chi connectivity index (χ1) is 9.36. The van der Waals surface area contributed by atoms with Crippen molar-refractivity contribution in [3.8, 4) is 5.75 Å². The summed E-state index contributed by atoms with van der Waals surface area (Å²) in [4.78, 5) is 22.5. The molecule has 1 aromatic rings. The number of nitro groups is 1. The summed E-state index contributed by atoms with van der Waals surface area (Å²) in [6, 6.07) is 4.15. The maximum Gasteiger partial charge on any atom is 0.311 e. The smallest absolute Gasteiger partial charge is 0.311 e. The second kappa shape index (κ2) is 6.69. The van der Waals surface area contributed by atoms with Crippen LogP contribution < -0.4 is 10.1 Å². The predicted octanol–water partition coefficient (Wildman–Crippen LogP) is 2.90. The summed E-state index contributed by atoms with van der Waals surface area (Å²) >= 11 is 3.35. The number of benzene rings is 1. The van der Waals surface area contributed by atoms with Gasteiger partial charge < -0.3 is 10.1 Å². The Morgan fingerprint density at radius 2 is 2.20 bits per heavy atom. The van der Waals surface area contributed by atoms with Crippen LogP contribution in [0.15, 0.2) is 18.2 Å². The Labute approximate surface area is 125 Å². The highest BCUT2D eigenvalue weighted by Gasteiger charge is 2.25. The zero-order valence-electron chi connectivity index (χ0n) is 11.6. The van der Waals surface area contributed by atoms with Crippen molar-refractivity contribution in [3.05, 3.63) is 33.9 Å². The van der Waals surface area contributed by atoms with E-state index in [2.05, 4.69) is 21.2 Å². The van der Waals surface area contributed by atoms with Crippen LogP contribution in [-0.4, -0.2) is 28.8 Å². The van der Waals surface area contributed by atoms with Crippen LogP contribution in [0, 0.1) is 10.1 Å². The zero-order chi connectivity index (χ0) is 15.3. The zero-order valence-corrected chi connectivity index (χ0v) is 13.2. The van der Waals surface area contributed by atoms with E-state index in [1.807, 2.05) is 13.8 Å². The van der Waals surface area contributed by atoms with Crippen molar-refractivity contribution in [1.29, 1.82) is 0 Å². The van der Waals surface area contributed by atoms with Crippen LogP contribution in [-0.2, 0) is 0 Å². The minimum Gasteiger partial charge on any atom is -0.490 e. The number of carbonyl (C=O) groups is 1. The van der Waals surface area contributed by atoms with Gasteiger partial charge in [0.1, 0.15) is 0 Å².